The quantitative estimate of drug-likeness (QED) is 0.192. The molecular formula is C21H16Br2N2O5. The molecule has 4 N–H and O–H groups in total. The lowest BCUT2D eigenvalue weighted by atomic mass is 10.0. The van der Waals surface area contributed by atoms with Gasteiger partial charge in [-0.1, -0.05) is 17.3 Å². The number of nitrogens with one attached hydrogen (secondary N) is 1. The number of rotatable bonds is 6. The molecule has 0 aliphatic rings. The van der Waals surface area contributed by atoms with Crippen molar-refractivity contribution in [1.82, 2.24) is 0 Å². The maximum absolute atomic E-state index is 11.5. The van der Waals surface area contributed by atoms with Crippen LogP contribution < -0.4 is 10.1 Å². The maximum atomic E-state index is 11.5. The highest BCUT2D eigenvalue weighted by Gasteiger charge is 2.13. The van der Waals surface area contributed by atoms with E-state index in [1.165, 1.54) is 0 Å². The van der Waals surface area contributed by atoms with Crippen molar-refractivity contribution in [3.05, 3.63) is 74.7 Å². The summed E-state index contributed by atoms with van der Waals surface area (Å²) in [6, 6.07) is 14.9. The fourth-order valence-electron chi connectivity index (χ4n) is 2.68. The lowest BCUT2D eigenvalue weighted by molar-refractivity contribution is -0.110. The molecule has 0 aliphatic carbocycles. The summed E-state index contributed by atoms with van der Waals surface area (Å²) in [7, 11) is 0. The smallest absolute Gasteiger partial charge is 0.270 e. The average molecular weight is 536 g/mol. The number of aromatic hydroxyl groups is 2. The Hall–Kier alpha value is -3.04. The highest BCUT2D eigenvalue weighted by Crippen LogP contribution is 2.40. The second-order valence-electron chi connectivity index (χ2n) is 6.24. The van der Waals surface area contributed by atoms with Gasteiger partial charge in [0.15, 0.2) is 5.75 Å². The van der Waals surface area contributed by atoms with Gasteiger partial charge in [-0.25, -0.2) is 0 Å². The highest BCUT2D eigenvalue weighted by molar-refractivity contribution is 9.11. The molecule has 3 aromatic carbocycles. The van der Waals surface area contributed by atoms with Crippen molar-refractivity contribution in [1.29, 1.82) is 0 Å². The minimum atomic E-state index is -0.581. The largest absolute Gasteiger partial charge is 0.508 e. The van der Waals surface area contributed by atoms with Gasteiger partial charge in [-0.2, -0.15) is 0 Å². The van der Waals surface area contributed by atoms with E-state index in [0.717, 1.165) is 11.8 Å². The normalized spacial score (nSPS) is 10.9. The number of phenolic OH excluding ortho intramolecular Hbond substituents is 2. The van der Waals surface area contributed by atoms with Gasteiger partial charge in [0, 0.05) is 17.7 Å². The van der Waals surface area contributed by atoms with Crippen LogP contribution in [0.5, 0.6) is 23.0 Å². The van der Waals surface area contributed by atoms with Crippen molar-refractivity contribution in [2.24, 2.45) is 5.16 Å². The van der Waals surface area contributed by atoms with E-state index in [9.17, 15) is 15.0 Å². The average Bonchev–Trinajstić information content (AvgIpc) is 2.69. The zero-order chi connectivity index (χ0) is 21.7. The van der Waals surface area contributed by atoms with Gasteiger partial charge in [0.2, 0.25) is 0 Å². The number of halogens is 2. The Balaban J connectivity index is 1.82. The van der Waals surface area contributed by atoms with Crippen LogP contribution in [0.25, 0.3) is 0 Å². The zero-order valence-corrected chi connectivity index (χ0v) is 18.5. The van der Waals surface area contributed by atoms with E-state index >= 15 is 0 Å². The second-order valence-corrected chi connectivity index (χ2v) is 7.95. The van der Waals surface area contributed by atoms with Crippen LogP contribution in [0.15, 0.2) is 68.7 Å². The van der Waals surface area contributed by atoms with Crippen molar-refractivity contribution in [2.75, 3.05) is 5.32 Å². The number of hydrogen-bond donors (Lipinski definition) is 4. The van der Waals surface area contributed by atoms with Gasteiger partial charge in [0.05, 0.1) is 8.95 Å². The first-order chi connectivity index (χ1) is 14.4. The standard InChI is InChI=1S/C21H16Br2N2O5/c22-17-9-14(25-20(28)11-24-29)10-18(23)21(17)30-16-5-6-19(27)13(8-16)7-12-1-3-15(26)4-2-12/h1-6,8-11,26-27,29H,7H2,(H,25,28)/b24-11+. The molecule has 9 heteroatoms. The Bertz CT molecular complexity index is 1080. The first-order valence-corrected chi connectivity index (χ1v) is 10.2. The van der Waals surface area contributed by atoms with Crippen LogP contribution in [0, 0.1) is 0 Å². The minimum absolute atomic E-state index is 0.136. The monoisotopic (exact) mass is 534 g/mol. The molecule has 0 bridgehead atoms. The molecule has 0 saturated heterocycles. The molecular weight excluding hydrogens is 520 g/mol. The Labute approximate surface area is 188 Å². The number of hydrogen-bond acceptors (Lipinski definition) is 6. The topological polar surface area (TPSA) is 111 Å². The number of phenols is 2. The number of benzene rings is 3. The summed E-state index contributed by atoms with van der Waals surface area (Å²) >= 11 is 6.83. The van der Waals surface area contributed by atoms with Crippen LogP contribution in [-0.2, 0) is 11.2 Å². The Kier molecular flexibility index (Phi) is 6.96. The Morgan fingerprint density at radius 3 is 2.33 bits per heavy atom. The minimum Gasteiger partial charge on any atom is -0.508 e. The molecule has 0 saturated carbocycles. The molecule has 7 nitrogen and oxygen atoms in total. The molecule has 3 aromatic rings. The summed E-state index contributed by atoms with van der Waals surface area (Å²) < 4.78 is 7.12. The molecule has 0 aliphatic heterocycles. The first kappa shape index (κ1) is 21.7. The van der Waals surface area contributed by atoms with Gasteiger partial charge >= 0.3 is 0 Å². The molecule has 0 radical (unpaired) electrons. The van der Waals surface area contributed by atoms with Crippen LogP contribution in [-0.4, -0.2) is 27.5 Å². The molecule has 3 rings (SSSR count). The third-order valence-corrected chi connectivity index (χ3v) is 5.22. The lowest BCUT2D eigenvalue weighted by Gasteiger charge is -2.14. The van der Waals surface area contributed by atoms with Gasteiger partial charge in [0.25, 0.3) is 5.91 Å². The van der Waals surface area contributed by atoms with E-state index in [1.807, 2.05) is 0 Å². The van der Waals surface area contributed by atoms with E-state index < -0.39 is 5.91 Å². The second kappa shape index (κ2) is 9.64. The van der Waals surface area contributed by atoms with Crippen molar-refractivity contribution in [3.63, 3.8) is 0 Å². The molecule has 0 atom stereocenters. The van der Waals surface area contributed by atoms with Crippen LogP contribution in [0.1, 0.15) is 11.1 Å². The van der Waals surface area contributed by atoms with Gasteiger partial charge in [-0.3, -0.25) is 4.79 Å². The molecule has 0 aromatic heterocycles. The predicted molar refractivity (Wildman–Crippen MR) is 120 cm³/mol. The molecule has 0 spiro atoms. The van der Waals surface area contributed by atoms with Crippen molar-refractivity contribution >= 4 is 49.7 Å². The number of carbonyl (C=O) groups excluding carboxylic acids is 1. The lowest BCUT2D eigenvalue weighted by Crippen LogP contribution is -2.12. The van der Waals surface area contributed by atoms with E-state index in [0.29, 0.717) is 38.1 Å². The van der Waals surface area contributed by atoms with E-state index in [4.69, 9.17) is 9.94 Å². The number of carbonyl (C=O) groups is 1. The van der Waals surface area contributed by atoms with Gasteiger partial charge in [-0.05, 0) is 79.9 Å². The van der Waals surface area contributed by atoms with E-state index in [1.54, 1.807) is 54.6 Å². The summed E-state index contributed by atoms with van der Waals surface area (Å²) in [5.41, 5.74) is 2.05. The van der Waals surface area contributed by atoms with Crippen molar-refractivity contribution in [3.8, 4) is 23.0 Å². The molecule has 1 amide bonds. The third-order valence-electron chi connectivity index (χ3n) is 4.04. The van der Waals surface area contributed by atoms with Crippen molar-refractivity contribution in [2.45, 2.75) is 6.42 Å². The fourth-order valence-corrected chi connectivity index (χ4v) is 4.02. The van der Waals surface area contributed by atoms with Crippen LogP contribution >= 0.6 is 31.9 Å². The number of anilines is 1. The SMILES string of the molecule is O=C(/C=N/O)Nc1cc(Br)c(Oc2ccc(O)c(Cc3ccc(O)cc3)c2)c(Br)c1. The molecule has 30 heavy (non-hydrogen) atoms. The van der Waals surface area contributed by atoms with Crippen LogP contribution in [0.4, 0.5) is 5.69 Å². The highest BCUT2D eigenvalue weighted by atomic mass is 79.9. The maximum Gasteiger partial charge on any atom is 0.270 e. The summed E-state index contributed by atoms with van der Waals surface area (Å²) in [6.07, 6.45) is 1.21. The Morgan fingerprint density at radius 1 is 1.03 bits per heavy atom. The third kappa shape index (κ3) is 5.52. The van der Waals surface area contributed by atoms with E-state index in [-0.39, 0.29) is 11.5 Å². The summed E-state index contributed by atoms with van der Waals surface area (Å²) in [6.45, 7) is 0. The Morgan fingerprint density at radius 2 is 1.70 bits per heavy atom. The van der Waals surface area contributed by atoms with Gasteiger partial charge in [0.1, 0.15) is 23.5 Å². The van der Waals surface area contributed by atoms with Crippen LogP contribution in [0.2, 0.25) is 0 Å². The van der Waals surface area contributed by atoms with Crippen molar-refractivity contribution < 1.29 is 25.0 Å². The number of nitrogens with zero attached hydrogens (tertiary/aromatic N) is 1. The van der Waals surface area contributed by atoms with Crippen LogP contribution in [0.3, 0.4) is 0 Å². The molecule has 0 heterocycles. The summed E-state index contributed by atoms with van der Waals surface area (Å²) in [5, 5.41) is 33.3. The number of ether oxygens (including phenoxy) is 1. The predicted octanol–water partition coefficient (Wildman–Crippen LogP) is 5.40. The number of oxime groups is 1. The van der Waals surface area contributed by atoms with E-state index in [2.05, 4.69) is 42.3 Å². The van der Waals surface area contributed by atoms with Gasteiger partial charge in [-0.15, -0.1) is 0 Å². The number of amides is 1. The summed E-state index contributed by atoms with van der Waals surface area (Å²) in [4.78, 5) is 11.5. The molecule has 0 fully saturated rings. The molecule has 0 unspecified atom stereocenters. The zero-order valence-electron chi connectivity index (χ0n) is 15.3. The first-order valence-electron chi connectivity index (χ1n) is 8.61. The fraction of sp³-hybridized carbons (Fsp3) is 0.0476. The molecule has 154 valence electrons. The van der Waals surface area contributed by atoms with Gasteiger partial charge < -0.3 is 25.5 Å². The summed E-state index contributed by atoms with van der Waals surface area (Å²) in [5.74, 6) is 0.717.